The molecule has 37 heavy (non-hydrogen) atoms. The molecule has 0 aliphatic carbocycles. The smallest absolute Gasteiger partial charge is 0.194 e. The number of carbonyl (C=O) groups excluding carboxylic acids is 1. The van der Waals surface area contributed by atoms with Gasteiger partial charge in [-0.05, 0) is 51.0 Å². The summed E-state index contributed by atoms with van der Waals surface area (Å²) in [4.78, 5) is 18.9. The Morgan fingerprint density at radius 1 is 0.486 bits per heavy atom. The van der Waals surface area contributed by atoms with Gasteiger partial charge in [0.2, 0.25) is 0 Å². The summed E-state index contributed by atoms with van der Waals surface area (Å²) in [5, 5.41) is 0. The van der Waals surface area contributed by atoms with Crippen molar-refractivity contribution in [2.24, 2.45) is 0 Å². The molecule has 3 nitrogen and oxygen atoms in total. The second-order valence-electron chi connectivity index (χ2n) is 8.80. The predicted molar refractivity (Wildman–Crippen MR) is 162 cm³/mol. The van der Waals surface area contributed by atoms with Crippen LogP contribution in [0.3, 0.4) is 0 Å². The van der Waals surface area contributed by atoms with E-state index in [0.29, 0.717) is 0 Å². The maximum absolute atomic E-state index is 14.2. The zero-order valence-corrected chi connectivity index (χ0v) is 23.1. The lowest BCUT2D eigenvalue weighted by molar-refractivity contribution is 0.104. The summed E-state index contributed by atoms with van der Waals surface area (Å²) in [6.07, 6.45) is 0. The first-order chi connectivity index (χ1) is 17.6. The molecule has 0 spiro atoms. The highest BCUT2D eigenvalue weighted by Gasteiger charge is 2.21. The van der Waals surface area contributed by atoms with Crippen LogP contribution in [0.5, 0.6) is 0 Å². The molecule has 0 N–H and O–H groups in total. The lowest BCUT2D eigenvalue weighted by atomic mass is 9.89. The van der Waals surface area contributed by atoms with E-state index in [-0.39, 0.29) is 18.2 Å². The molecule has 0 saturated heterocycles. The number of anilines is 2. The zero-order valence-electron chi connectivity index (χ0n) is 22.3. The molecule has 0 aliphatic heterocycles. The summed E-state index contributed by atoms with van der Waals surface area (Å²) < 4.78 is 0. The number of nitrogens with zero attached hydrogens (tertiary/aromatic N) is 2. The summed E-state index contributed by atoms with van der Waals surface area (Å²) in [6.45, 7) is 12.3. The number of rotatable bonds is 10. The second kappa shape index (κ2) is 13.1. The third-order valence-electron chi connectivity index (χ3n) is 6.94. The number of hydrogen-bond donors (Lipinski definition) is 0. The van der Waals surface area contributed by atoms with E-state index in [4.69, 9.17) is 0 Å². The van der Waals surface area contributed by atoms with Crippen molar-refractivity contribution >= 4 is 29.6 Å². The van der Waals surface area contributed by atoms with E-state index in [1.807, 2.05) is 36.4 Å². The van der Waals surface area contributed by atoms with Crippen molar-refractivity contribution in [1.29, 1.82) is 0 Å². The molecule has 192 valence electrons. The summed E-state index contributed by atoms with van der Waals surface area (Å²) in [5.41, 5.74) is 7.88. The van der Waals surface area contributed by atoms with Crippen molar-refractivity contribution in [3.05, 3.63) is 108 Å². The Morgan fingerprint density at radius 2 is 0.784 bits per heavy atom. The van der Waals surface area contributed by atoms with Crippen LogP contribution in [-0.2, 0) is 0 Å². The molecule has 0 radical (unpaired) electrons. The SMILES string of the molecule is CCN(CC)c1ccccc1-c1ccccc1C(=O)c1ccccc1-c1ccccc1N(CC)CC.Cl. The fourth-order valence-electron chi connectivity index (χ4n) is 5.06. The number of ketones is 1. The molecule has 4 aromatic rings. The van der Waals surface area contributed by atoms with Crippen LogP contribution in [0.15, 0.2) is 97.1 Å². The zero-order chi connectivity index (χ0) is 25.5. The standard InChI is InChI=1S/C33H36N2O.ClH/c1-5-34(6-2)31-23-15-13-19-27(31)25-17-9-11-21-29(25)33(36)30-22-12-10-18-26(30)28-20-14-16-24-32(28)35(7-3)8-4;/h9-24H,5-8H2,1-4H3;1H. The van der Waals surface area contributed by atoms with Gasteiger partial charge in [0, 0.05) is 59.8 Å². The normalized spacial score (nSPS) is 10.5. The third-order valence-corrected chi connectivity index (χ3v) is 6.94. The molecular formula is C33H37ClN2O. The van der Waals surface area contributed by atoms with Crippen molar-refractivity contribution in [1.82, 2.24) is 0 Å². The molecule has 0 unspecified atom stereocenters. The molecule has 0 fully saturated rings. The van der Waals surface area contributed by atoms with Crippen molar-refractivity contribution < 1.29 is 4.79 Å². The van der Waals surface area contributed by atoms with Crippen molar-refractivity contribution in [3.8, 4) is 22.3 Å². The molecule has 0 atom stereocenters. The molecule has 0 amide bonds. The Hall–Kier alpha value is -3.56. The van der Waals surface area contributed by atoms with Gasteiger partial charge < -0.3 is 9.80 Å². The van der Waals surface area contributed by atoms with Crippen LogP contribution in [0, 0.1) is 0 Å². The van der Waals surface area contributed by atoms with E-state index in [2.05, 4.69) is 98.2 Å². The van der Waals surface area contributed by atoms with E-state index < -0.39 is 0 Å². The maximum atomic E-state index is 14.2. The number of para-hydroxylation sites is 2. The van der Waals surface area contributed by atoms with Gasteiger partial charge in [-0.3, -0.25) is 4.79 Å². The lowest BCUT2D eigenvalue weighted by Gasteiger charge is -2.26. The quantitative estimate of drug-likeness (QED) is 0.199. The Bertz CT molecular complexity index is 1220. The topological polar surface area (TPSA) is 23.6 Å². The molecule has 0 heterocycles. The molecule has 0 aliphatic rings. The van der Waals surface area contributed by atoms with Gasteiger partial charge in [-0.1, -0.05) is 84.9 Å². The van der Waals surface area contributed by atoms with Crippen LogP contribution in [0.1, 0.15) is 43.6 Å². The number of benzene rings is 4. The van der Waals surface area contributed by atoms with Crippen molar-refractivity contribution in [3.63, 3.8) is 0 Å². The van der Waals surface area contributed by atoms with Crippen molar-refractivity contribution in [2.45, 2.75) is 27.7 Å². The summed E-state index contributed by atoms with van der Waals surface area (Å²) in [7, 11) is 0. The molecule has 0 saturated carbocycles. The first kappa shape index (κ1) is 28.0. The Labute approximate surface area is 228 Å². The monoisotopic (exact) mass is 512 g/mol. The van der Waals surface area contributed by atoms with E-state index in [9.17, 15) is 4.79 Å². The first-order valence-corrected chi connectivity index (χ1v) is 13.1. The van der Waals surface area contributed by atoms with Crippen LogP contribution < -0.4 is 9.80 Å². The van der Waals surface area contributed by atoms with Gasteiger partial charge in [0.25, 0.3) is 0 Å². The predicted octanol–water partition coefficient (Wildman–Crippen LogP) is 8.37. The van der Waals surface area contributed by atoms with E-state index in [1.165, 1.54) is 0 Å². The highest BCUT2D eigenvalue weighted by molar-refractivity contribution is 6.17. The number of carbonyl (C=O) groups is 1. The summed E-state index contributed by atoms with van der Waals surface area (Å²) in [6, 6.07) is 32.8. The fourth-order valence-corrected chi connectivity index (χ4v) is 5.06. The van der Waals surface area contributed by atoms with Crippen LogP contribution in [0.25, 0.3) is 22.3 Å². The number of hydrogen-bond acceptors (Lipinski definition) is 3. The molecular weight excluding hydrogens is 476 g/mol. The molecule has 4 aromatic carbocycles. The molecule has 4 heteroatoms. The van der Waals surface area contributed by atoms with Crippen molar-refractivity contribution in [2.75, 3.05) is 36.0 Å². The lowest BCUT2D eigenvalue weighted by Crippen LogP contribution is -2.22. The minimum atomic E-state index is 0. The Morgan fingerprint density at radius 3 is 1.14 bits per heavy atom. The largest absolute Gasteiger partial charge is 0.372 e. The van der Waals surface area contributed by atoms with E-state index in [1.54, 1.807) is 0 Å². The van der Waals surface area contributed by atoms with E-state index >= 15 is 0 Å². The average Bonchev–Trinajstić information content (AvgIpc) is 2.94. The van der Waals surface area contributed by atoms with Gasteiger partial charge in [0.1, 0.15) is 0 Å². The number of halogens is 1. The van der Waals surface area contributed by atoms with Gasteiger partial charge in [-0.15, -0.1) is 12.4 Å². The van der Waals surface area contributed by atoms with Gasteiger partial charge >= 0.3 is 0 Å². The van der Waals surface area contributed by atoms with Crippen LogP contribution in [0.4, 0.5) is 11.4 Å². The molecule has 4 rings (SSSR count). The summed E-state index contributed by atoms with van der Waals surface area (Å²) in [5.74, 6) is 0.0462. The minimum absolute atomic E-state index is 0. The van der Waals surface area contributed by atoms with Gasteiger partial charge in [-0.25, -0.2) is 0 Å². The van der Waals surface area contributed by atoms with Gasteiger partial charge in [0.05, 0.1) is 0 Å². The molecule has 0 aromatic heterocycles. The van der Waals surface area contributed by atoms with Crippen LogP contribution >= 0.6 is 12.4 Å². The highest BCUT2D eigenvalue weighted by Crippen LogP contribution is 2.37. The van der Waals surface area contributed by atoms with Crippen LogP contribution in [0.2, 0.25) is 0 Å². The third kappa shape index (κ3) is 5.73. The Balaban J connectivity index is 0.00000380. The van der Waals surface area contributed by atoms with Gasteiger partial charge in [-0.2, -0.15) is 0 Å². The van der Waals surface area contributed by atoms with Gasteiger partial charge in [0.15, 0.2) is 5.78 Å². The minimum Gasteiger partial charge on any atom is -0.372 e. The summed E-state index contributed by atoms with van der Waals surface area (Å²) >= 11 is 0. The van der Waals surface area contributed by atoms with Crippen LogP contribution in [-0.4, -0.2) is 32.0 Å². The van der Waals surface area contributed by atoms with E-state index in [0.717, 1.165) is 70.9 Å². The highest BCUT2D eigenvalue weighted by atomic mass is 35.5. The Kier molecular flexibility index (Phi) is 9.93. The average molecular weight is 513 g/mol. The first-order valence-electron chi connectivity index (χ1n) is 13.1. The molecule has 0 bridgehead atoms. The second-order valence-corrected chi connectivity index (χ2v) is 8.80. The maximum Gasteiger partial charge on any atom is 0.194 e. The fraction of sp³-hybridized carbons (Fsp3) is 0.242.